The number of aromatic amines is 1. The number of likely N-dealkylation sites (tertiary alicyclic amines) is 1. The maximum Gasteiger partial charge on any atom is 0.0522 e. The minimum atomic E-state index is 0.150. The first-order chi connectivity index (χ1) is 14.5. The lowest BCUT2D eigenvalue weighted by Crippen LogP contribution is -2.54. The van der Waals surface area contributed by atoms with Gasteiger partial charge in [0, 0.05) is 18.8 Å². The van der Waals surface area contributed by atoms with Crippen LogP contribution in [-0.4, -0.2) is 46.4 Å². The van der Waals surface area contributed by atoms with Crippen LogP contribution in [-0.2, 0) is 12.8 Å². The van der Waals surface area contributed by atoms with E-state index < -0.39 is 0 Å². The highest BCUT2D eigenvalue weighted by Crippen LogP contribution is 2.63. The minimum absolute atomic E-state index is 0.150. The van der Waals surface area contributed by atoms with Gasteiger partial charge in [0.2, 0.25) is 0 Å². The molecule has 1 aromatic rings. The van der Waals surface area contributed by atoms with Crippen LogP contribution in [0.4, 0.5) is 0 Å². The van der Waals surface area contributed by atoms with Crippen molar-refractivity contribution in [2.45, 2.75) is 71.6 Å². The molecule has 6 atom stereocenters. The summed E-state index contributed by atoms with van der Waals surface area (Å²) in [4.78, 5) is 2.78. The average Bonchev–Trinajstić information content (AvgIpc) is 3.31. The maximum atomic E-state index is 10.4. The molecule has 4 heteroatoms. The molecule has 1 aromatic heterocycles. The molecule has 1 aliphatic heterocycles. The van der Waals surface area contributed by atoms with Gasteiger partial charge in [-0.15, -0.1) is 0 Å². The number of aliphatic hydroxyl groups is 1. The molecule has 0 unspecified atom stereocenters. The van der Waals surface area contributed by atoms with Crippen molar-refractivity contribution in [1.29, 1.82) is 0 Å². The highest BCUT2D eigenvalue weighted by Gasteiger charge is 2.57. The molecule has 2 saturated carbocycles. The largest absolute Gasteiger partial charge is 0.396 e. The first-order valence-electron chi connectivity index (χ1n) is 12.5. The van der Waals surface area contributed by atoms with Gasteiger partial charge in [-0.25, -0.2) is 0 Å². The summed E-state index contributed by atoms with van der Waals surface area (Å²) in [7, 11) is 0. The summed E-state index contributed by atoms with van der Waals surface area (Å²) in [5, 5.41) is 18.0. The molecule has 0 amide bonds. The first kappa shape index (κ1) is 20.8. The number of nitrogens with one attached hydrogen (secondary N) is 1. The van der Waals surface area contributed by atoms with Gasteiger partial charge in [0.15, 0.2) is 0 Å². The third kappa shape index (κ3) is 3.21. The molecule has 0 radical (unpaired) electrons. The summed E-state index contributed by atoms with van der Waals surface area (Å²) < 4.78 is 0. The van der Waals surface area contributed by atoms with Gasteiger partial charge in [-0.3, -0.25) is 5.10 Å². The highest BCUT2D eigenvalue weighted by molar-refractivity contribution is 5.26. The van der Waals surface area contributed by atoms with Crippen LogP contribution in [0.5, 0.6) is 0 Å². The molecule has 166 valence electrons. The van der Waals surface area contributed by atoms with Gasteiger partial charge in [-0.1, -0.05) is 32.4 Å². The Bertz CT molecular complexity index is 781. The summed E-state index contributed by atoms with van der Waals surface area (Å²) >= 11 is 0. The van der Waals surface area contributed by atoms with Crippen LogP contribution in [0, 0.1) is 34.5 Å². The van der Waals surface area contributed by atoms with E-state index in [1.165, 1.54) is 81.4 Å². The Morgan fingerprint density at radius 2 is 2.00 bits per heavy atom. The van der Waals surface area contributed by atoms with Gasteiger partial charge in [0.1, 0.15) is 0 Å². The Labute approximate surface area is 182 Å². The standard InChI is InChI=1S/C26H41N3O/c1-18-7-8-22-21(16-29-11-5-4-6-12-29)23(9-10-25(18,22)2)26(3)14-19-15-27-28-24(19)13-20(26)17-30/h15,20-23,30H,1,4-14,16-17H2,2-3H3,(H,27,28)/t20-,21+,22+,23+,25-,26+/m1/s1. The quantitative estimate of drug-likeness (QED) is 0.712. The van der Waals surface area contributed by atoms with Crippen LogP contribution in [0.1, 0.15) is 70.1 Å². The van der Waals surface area contributed by atoms with Crippen molar-refractivity contribution in [1.82, 2.24) is 15.1 Å². The van der Waals surface area contributed by atoms with Gasteiger partial charge >= 0.3 is 0 Å². The minimum Gasteiger partial charge on any atom is -0.396 e. The number of rotatable bonds is 4. The molecule has 0 spiro atoms. The summed E-state index contributed by atoms with van der Waals surface area (Å²) in [6.45, 7) is 13.7. The number of hydrogen-bond acceptors (Lipinski definition) is 3. The van der Waals surface area contributed by atoms with Gasteiger partial charge in [-0.2, -0.15) is 5.10 Å². The monoisotopic (exact) mass is 411 g/mol. The second kappa shape index (κ2) is 7.78. The van der Waals surface area contributed by atoms with E-state index >= 15 is 0 Å². The van der Waals surface area contributed by atoms with E-state index in [9.17, 15) is 5.11 Å². The number of fused-ring (bicyclic) bond motifs is 2. The fraction of sp³-hybridized carbons (Fsp3) is 0.808. The number of aliphatic hydroxyl groups excluding tert-OH is 1. The number of hydrogen-bond donors (Lipinski definition) is 2. The van der Waals surface area contributed by atoms with E-state index in [1.54, 1.807) is 0 Å². The van der Waals surface area contributed by atoms with Crippen molar-refractivity contribution in [3.8, 4) is 0 Å². The van der Waals surface area contributed by atoms with Gasteiger partial charge < -0.3 is 10.0 Å². The van der Waals surface area contributed by atoms with Crippen molar-refractivity contribution in [2.75, 3.05) is 26.2 Å². The lowest BCUT2D eigenvalue weighted by Gasteiger charge is -2.56. The molecule has 0 aromatic carbocycles. The van der Waals surface area contributed by atoms with Gasteiger partial charge in [0.05, 0.1) is 6.20 Å². The van der Waals surface area contributed by atoms with Crippen molar-refractivity contribution >= 4 is 0 Å². The summed E-state index contributed by atoms with van der Waals surface area (Å²) in [5.41, 5.74) is 4.64. The molecule has 0 bridgehead atoms. The van der Waals surface area contributed by atoms with E-state index in [0.29, 0.717) is 23.2 Å². The fourth-order valence-electron chi connectivity index (χ4n) is 8.12. The Balaban J connectivity index is 1.49. The van der Waals surface area contributed by atoms with E-state index in [1.807, 2.05) is 6.20 Å². The first-order valence-corrected chi connectivity index (χ1v) is 12.5. The average molecular weight is 412 g/mol. The van der Waals surface area contributed by atoms with Crippen molar-refractivity contribution in [3.63, 3.8) is 0 Å². The normalized spacial score (nSPS) is 42.2. The zero-order valence-corrected chi connectivity index (χ0v) is 19.1. The zero-order chi connectivity index (χ0) is 20.9. The molecular formula is C26H41N3O. The summed E-state index contributed by atoms with van der Waals surface area (Å²) in [5.74, 6) is 2.47. The molecule has 3 fully saturated rings. The topological polar surface area (TPSA) is 52.2 Å². The molecule has 3 aliphatic carbocycles. The number of piperidine rings is 1. The number of aromatic nitrogens is 2. The van der Waals surface area contributed by atoms with E-state index in [0.717, 1.165) is 18.8 Å². The van der Waals surface area contributed by atoms with Crippen LogP contribution in [0.2, 0.25) is 0 Å². The fourth-order valence-corrected chi connectivity index (χ4v) is 8.12. The van der Waals surface area contributed by atoms with Crippen LogP contribution >= 0.6 is 0 Å². The second-order valence-electron chi connectivity index (χ2n) is 11.5. The van der Waals surface area contributed by atoms with Crippen LogP contribution < -0.4 is 0 Å². The Kier molecular flexibility index (Phi) is 5.38. The van der Waals surface area contributed by atoms with Crippen molar-refractivity contribution in [3.05, 3.63) is 29.6 Å². The number of allylic oxidation sites excluding steroid dienone is 1. The predicted octanol–water partition coefficient (Wildman–Crippen LogP) is 4.61. The SMILES string of the molecule is C=C1CC[C@H]2[C@H](CN3CCCCC3)[C@@H]([C@@]3(C)Cc4cn[nH]c4C[C@@H]3CO)CC[C@]12C. The second-order valence-corrected chi connectivity index (χ2v) is 11.5. The lowest BCUT2D eigenvalue weighted by atomic mass is 9.49. The number of H-pyrrole nitrogens is 1. The Morgan fingerprint density at radius 3 is 2.77 bits per heavy atom. The van der Waals surface area contributed by atoms with Crippen LogP contribution in [0.25, 0.3) is 0 Å². The molecule has 5 rings (SSSR count). The highest BCUT2D eigenvalue weighted by atomic mass is 16.3. The van der Waals surface area contributed by atoms with E-state index in [4.69, 9.17) is 0 Å². The Morgan fingerprint density at radius 1 is 1.20 bits per heavy atom. The van der Waals surface area contributed by atoms with Crippen molar-refractivity contribution in [2.24, 2.45) is 34.5 Å². The maximum absolute atomic E-state index is 10.4. The third-order valence-electron chi connectivity index (χ3n) is 10.1. The van der Waals surface area contributed by atoms with Crippen molar-refractivity contribution < 1.29 is 5.11 Å². The lowest BCUT2D eigenvalue weighted by molar-refractivity contribution is -0.0680. The molecule has 4 aliphatic rings. The van der Waals surface area contributed by atoms with E-state index in [2.05, 4.69) is 35.5 Å². The van der Waals surface area contributed by atoms with Gasteiger partial charge in [-0.05, 0) is 105 Å². The third-order valence-corrected chi connectivity index (χ3v) is 10.1. The smallest absolute Gasteiger partial charge is 0.0522 e. The zero-order valence-electron chi connectivity index (χ0n) is 19.1. The molecule has 4 nitrogen and oxygen atoms in total. The Hall–Kier alpha value is -1.13. The molecule has 1 saturated heterocycles. The molecule has 2 N–H and O–H groups in total. The summed E-state index contributed by atoms with van der Waals surface area (Å²) in [6, 6.07) is 0. The van der Waals surface area contributed by atoms with Crippen LogP contribution in [0.3, 0.4) is 0 Å². The summed E-state index contributed by atoms with van der Waals surface area (Å²) in [6.07, 6.45) is 13.3. The predicted molar refractivity (Wildman–Crippen MR) is 121 cm³/mol. The molecule has 30 heavy (non-hydrogen) atoms. The van der Waals surface area contributed by atoms with Gasteiger partial charge in [0.25, 0.3) is 0 Å². The molecular weight excluding hydrogens is 370 g/mol. The van der Waals surface area contributed by atoms with E-state index in [-0.39, 0.29) is 12.0 Å². The number of nitrogens with zero attached hydrogens (tertiary/aromatic N) is 2. The van der Waals surface area contributed by atoms with Crippen LogP contribution in [0.15, 0.2) is 18.3 Å². The molecule has 2 heterocycles.